The molecule has 1 heterocycles. The second-order valence-corrected chi connectivity index (χ2v) is 4.36. The van der Waals surface area contributed by atoms with E-state index in [1.165, 1.54) is 12.8 Å². The van der Waals surface area contributed by atoms with Crippen molar-refractivity contribution >= 4 is 17.5 Å². The van der Waals surface area contributed by atoms with Gasteiger partial charge in [-0.05, 0) is 37.8 Å². The third-order valence-corrected chi connectivity index (χ3v) is 2.63. The Bertz CT molecular complexity index is 368. The first-order valence-corrected chi connectivity index (χ1v) is 5.45. The molecule has 1 aliphatic rings. The highest BCUT2D eigenvalue weighted by Crippen LogP contribution is 2.27. The zero-order valence-electron chi connectivity index (χ0n) is 8.59. The second kappa shape index (κ2) is 4.19. The predicted octanol–water partition coefficient (Wildman–Crippen LogP) is 2.18. The molecule has 0 radical (unpaired) electrons. The lowest BCUT2D eigenvalue weighted by Crippen LogP contribution is -2.25. The number of amides is 1. The molecule has 0 spiro atoms. The monoisotopic (exact) mass is 224 g/mol. The van der Waals surface area contributed by atoms with Gasteiger partial charge in [0, 0.05) is 17.8 Å². The van der Waals surface area contributed by atoms with Gasteiger partial charge in [0.15, 0.2) is 0 Å². The topological polar surface area (TPSA) is 42.0 Å². The van der Waals surface area contributed by atoms with E-state index in [0.29, 0.717) is 16.6 Å². The van der Waals surface area contributed by atoms with E-state index in [-0.39, 0.29) is 5.91 Å². The van der Waals surface area contributed by atoms with Gasteiger partial charge in [-0.25, -0.2) is 4.98 Å². The summed E-state index contributed by atoms with van der Waals surface area (Å²) in [6, 6.07) is 3.34. The van der Waals surface area contributed by atoms with E-state index in [0.717, 1.165) is 12.2 Å². The SMILES string of the molecule is Cc1cc(C(=O)NCC2CC2)cc(Cl)n1. The summed E-state index contributed by atoms with van der Waals surface area (Å²) in [5.41, 5.74) is 1.35. The number of aromatic nitrogens is 1. The van der Waals surface area contributed by atoms with Crippen LogP contribution in [0.2, 0.25) is 5.15 Å². The Kier molecular flexibility index (Phi) is 2.91. The molecular weight excluding hydrogens is 212 g/mol. The Morgan fingerprint density at radius 2 is 2.33 bits per heavy atom. The number of hydrogen-bond acceptors (Lipinski definition) is 2. The van der Waals surface area contributed by atoms with Crippen molar-refractivity contribution in [1.29, 1.82) is 0 Å². The second-order valence-electron chi connectivity index (χ2n) is 3.97. The van der Waals surface area contributed by atoms with Gasteiger partial charge < -0.3 is 5.32 Å². The first-order valence-electron chi connectivity index (χ1n) is 5.07. The molecule has 0 aromatic carbocycles. The van der Waals surface area contributed by atoms with Crippen molar-refractivity contribution in [1.82, 2.24) is 10.3 Å². The number of carbonyl (C=O) groups excluding carboxylic acids is 1. The van der Waals surface area contributed by atoms with Crippen molar-refractivity contribution in [2.45, 2.75) is 19.8 Å². The molecule has 0 bridgehead atoms. The molecule has 1 aliphatic carbocycles. The number of nitrogens with zero attached hydrogens (tertiary/aromatic N) is 1. The Balaban J connectivity index is 2.02. The van der Waals surface area contributed by atoms with Crippen LogP contribution in [-0.4, -0.2) is 17.4 Å². The number of pyridine rings is 1. The fourth-order valence-corrected chi connectivity index (χ4v) is 1.67. The number of rotatable bonds is 3. The maximum atomic E-state index is 11.7. The first-order chi connectivity index (χ1) is 7.15. The maximum Gasteiger partial charge on any atom is 0.251 e. The fraction of sp³-hybridized carbons (Fsp3) is 0.455. The number of halogens is 1. The average Bonchev–Trinajstić information content (AvgIpc) is 2.96. The molecule has 0 saturated heterocycles. The van der Waals surface area contributed by atoms with Gasteiger partial charge in [0.05, 0.1) is 0 Å². The average molecular weight is 225 g/mol. The zero-order chi connectivity index (χ0) is 10.8. The van der Waals surface area contributed by atoms with E-state index >= 15 is 0 Å². The molecule has 1 saturated carbocycles. The summed E-state index contributed by atoms with van der Waals surface area (Å²) in [5, 5.41) is 3.26. The zero-order valence-corrected chi connectivity index (χ0v) is 9.34. The lowest BCUT2D eigenvalue weighted by Gasteiger charge is -2.05. The van der Waals surface area contributed by atoms with Crippen LogP contribution in [0.1, 0.15) is 28.9 Å². The summed E-state index contributed by atoms with van der Waals surface area (Å²) in [7, 11) is 0. The van der Waals surface area contributed by atoms with E-state index in [4.69, 9.17) is 11.6 Å². The maximum absolute atomic E-state index is 11.7. The highest BCUT2D eigenvalue weighted by molar-refractivity contribution is 6.29. The van der Waals surface area contributed by atoms with E-state index in [1.807, 2.05) is 6.92 Å². The molecule has 3 nitrogen and oxygen atoms in total. The minimum Gasteiger partial charge on any atom is -0.352 e. The molecule has 1 N–H and O–H groups in total. The molecule has 0 atom stereocenters. The molecule has 0 aliphatic heterocycles. The van der Waals surface area contributed by atoms with Gasteiger partial charge >= 0.3 is 0 Å². The number of hydrogen-bond donors (Lipinski definition) is 1. The van der Waals surface area contributed by atoms with Crippen LogP contribution in [0.4, 0.5) is 0 Å². The van der Waals surface area contributed by atoms with E-state index in [9.17, 15) is 4.79 Å². The van der Waals surface area contributed by atoms with E-state index in [1.54, 1.807) is 12.1 Å². The summed E-state index contributed by atoms with van der Waals surface area (Å²) in [4.78, 5) is 15.7. The fourth-order valence-electron chi connectivity index (χ4n) is 1.42. The molecule has 1 amide bonds. The van der Waals surface area contributed by atoms with Gasteiger partial charge in [0.2, 0.25) is 0 Å². The van der Waals surface area contributed by atoms with Crippen molar-refractivity contribution in [2.24, 2.45) is 5.92 Å². The first kappa shape index (κ1) is 10.4. The summed E-state index contributed by atoms with van der Waals surface area (Å²) in [6.45, 7) is 2.60. The lowest BCUT2D eigenvalue weighted by molar-refractivity contribution is 0.0951. The van der Waals surface area contributed by atoms with Crippen LogP contribution < -0.4 is 5.32 Å². The highest BCUT2D eigenvalue weighted by atomic mass is 35.5. The van der Waals surface area contributed by atoms with Crippen molar-refractivity contribution in [3.05, 3.63) is 28.5 Å². The molecule has 4 heteroatoms. The van der Waals surface area contributed by atoms with Crippen LogP contribution in [0.25, 0.3) is 0 Å². The van der Waals surface area contributed by atoms with E-state index in [2.05, 4.69) is 10.3 Å². The molecule has 2 rings (SSSR count). The Hall–Kier alpha value is -1.09. The molecule has 15 heavy (non-hydrogen) atoms. The van der Waals surface area contributed by atoms with Crippen molar-refractivity contribution in [2.75, 3.05) is 6.54 Å². The molecule has 1 aromatic heterocycles. The molecular formula is C11H13ClN2O. The summed E-state index contributed by atoms with van der Waals surface area (Å²) >= 11 is 5.78. The minimum absolute atomic E-state index is 0.0608. The molecule has 1 fully saturated rings. The lowest BCUT2D eigenvalue weighted by atomic mass is 10.2. The van der Waals surface area contributed by atoms with Crippen LogP contribution in [0.5, 0.6) is 0 Å². The van der Waals surface area contributed by atoms with Crippen LogP contribution >= 0.6 is 11.6 Å². The van der Waals surface area contributed by atoms with Gasteiger partial charge in [-0.15, -0.1) is 0 Å². The standard InChI is InChI=1S/C11H13ClN2O/c1-7-4-9(5-10(12)14-7)11(15)13-6-8-2-3-8/h4-5,8H,2-3,6H2,1H3,(H,13,15). The molecule has 1 aromatic rings. The van der Waals surface area contributed by atoms with Crippen molar-refractivity contribution in [3.63, 3.8) is 0 Å². The molecule has 0 unspecified atom stereocenters. The van der Waals surface area contributed by atoms with Gasteiger partial charge in [0.25, 0.3) is 5.91 Å². The third-order valence-electron chi connectivity index (χ3n) is 2.43. The van der Waals surface area contributed by atoms with Gasteiger partial charge in [-0.3, -0.25) is 4.79 Å². The minimum atomic E-state index is -0.0608. The van der Waals surface area contributed by atoms with Crippen molar-refractivity contribution < 1.29 is 4.79 Å². The van der Waals surface area contributed by atoms with Crippen LogP contribution in [0.15, 0.2) is 12.1 Å². The van der Waals surface area contributed by atoms with Gasteiger partial charge in [-0.1, -0.05) is 11.6 Å². The normalized spacial score (nSPS) is 15.1. The number of carbonyl (C=O) groups is 1. The Morgan fingerprint density at radius 1 is 1.60 bits per heavy atom. The van der Waals surface area contributed by atoms with Crippen LogP contribution in [0, 0.1) is 12.8 Å². The summed E-state index contributed by atoms with van der Waals surface area (Å²) < 4.78 is 0. The van der Waals surface area contributed by atoms with Crippen LogP contribution in [0.3, 0.4) is 0 Å². The largest absolute Gasteiger partial charge is 0.352 e. The summed E-state index contributed by atoms with van der Waals surface area (Å²) in [5.74, 6) is 0.627. The number of aryl methyl sites for hydroxylation is 1. The van der Waals surface area contributed by atoms with Gasteiger partial charge in [-0.2, -0.15) is 0 Å². The highest BCUT2D eigenvalue weighted by Gasteiger charge is 2.21. The number of nitrogens with one attached hydrogen (secondary N) is 1. The van der Waals surface area contributed by atoms with Crippen molar-refractivity contribution in [3.8, 4) is 0 Å². The Morgan fingerprint density at radius 3 is 2.93 bits per heavy atom. The summed E-state index contributed by atoms with van der Waals surface area (Å²) in [6.07, 6.45) is 2.47. The quantitative estimate of drug-likeness (QED) is 0.800. The van der Waals surface area contributed by atoms with Gasteiger partial charge in [0.1, 0.15) is 5.15 Å². The third kappa shape index (κ3) is 2.93. The smallest absolute Gasteiger partial charge is 0.251 e. The van der Waals surface area contributed by atoms with Crippen LogP contribution in [-0.2, 0) is 0 Å². The predicted molar refractivity (Wildman–Crippen MR) is 59.0 cm³/mol. The van der Waals surface area contributed by atoms with E-state index < -0.39 is 0 Å². The Labute approximate surface area is 93.8 Å². The molecule has 80 valence electrons.